The van der Waals surface area contributed by atoms with E-state index in [1.165, 1.54) is 11.3 Å². The van der Waals surface area contributed by atoms with E-state index in [4.69, 9.17) is 5.73 Å². The van der Waals surface area contributed by atoms with Crippen LogP contribution in [-0.4, -0.2) is 30.5 Å². The summed E-state index contributed by atoms with van der Waals surface area (Å²) in [5.41, 5.74) is 5.78. The number of carbonyl (C=O) groups is 1. The van der Waals surface area contributed by atoms with Crippen molar-refractivity contribution in [1.82, 2.24) is 10.3 Å². The van der Waals surface area contributed by atoms with E-state index in [1.54, 1.807) is 6.08 Å². The van der Waals surface area contributed by atoms with Gasteiger partial charge in [0.1, 0.15) is 10.7 Å². The number of rotatable bonds is 6. The van der Waals surface area contributed by atoms with Crippen LogP contribution in [0.4, 0.5) is 10.9 Å². The lowest BCUT2D eigenvalue weighted by molar-refractivity contribution is 0.0945. The highest BCUT2D eigenvalue weighted by Crippen LogP contribution is 2.27. The van der Waals surface area contributed by atoms with Crippen LogP contribution in [0, 0.1) is 0 Å². The molecular weight excluding hydrogens is 248 g/mol. The van der Waals surface area contributed by atoms with Gasteiger partial charge in [-0.25, -0.2) is 4.98 Å². The van der Waals surface area contributed by atoms with Crippen molar-refractivity contribution < 1.29 is 4.79 Å². The van der Waals surface area contributed by atoms with Crippen molar-refractivity contribution in [2.24, 2.45) is 0 Å². The molecule has 0 aliphatic rings. The summed E-state index contributed by atoms with van der Waals surface area (Å²) in [5.74, 6) is 0.119. The van der Waals surface area contributed by atoms with Gasteiger partial charge in [0.15, 0.2) is 5.13 Å². The first-order valence-corrected chi connectivity index (χ1v) is 6.70. The normalized spacial score (nSPS) is 11.9. The highest BCUT2D eigenvalue weighted by Gasteiger charge is 2.18. The zero-order valence-corrected chi connectivity index (χ0v) is 11.9. The van der Waals surface area contributed by atoms with E-state index in [9.17, 15) is 4.79 Å². The Morgan fingerprint density at radius 2 is 2.39 bits per heavy atom. The minimum atomic E-state index is -0.171. The first kappa shape index (κ1) is 14.5. The van der Waals surface area contributed by atoms with Crippen molar-refractivity contribution in [3.05, 3.63) is 17.5 Å². The molecule has 1 unspecified atom stereocenters. The predicted octanol–water partition coefficient (Wildman–Crippen LogP) is 1.88. The summed E-state index contributed by atoms with van der Waals surface area (Å²) < 4.78 is 0. The zero-order valence-electron chi connectivity index (χ0n) is 11.1. The minimum absolute atomic E-state index is 0.0452. The number of amides is 1. The van der Waals surface area contributed by atoms with E-state index in [1.807, 2.05) is 25.8 Å². The van der Waals surface area contributed by atoms with Crippen LogP contribution in [0.25, 0.3) is 0 Å². The number of nitrogens with one attached hydrogen (secondary N) is 1. The van der Waals surface area contributed by atoms with Crippen LogP contribution in [0.15, 0.2) is 12.7 Å². The SMILES string of the molecule is C=CCC(C)NC(=O)c1sc(N(C)CC)nc1N. The fourth-order valence-electron chi connectivity index (χ4n) is 1.38. The molecule has 0 aliphatic heterocycles. The largest absolute Gasteiger partial charge is 0.382 e. The van der Waals surface area contributed by atoms with Gasteiger partial charge in [-0.3, -0.25) is 4.79 Å². The van der Waals surface area contributed by atoms with Crippen LogP contribution in [0.5, 0.6) is 0 Å². The summed E-state index contributed by atoms with van der Waals surface area (Å²) in [6.45, 7) is 8.41. The van der Waals surface area contributed by atoms with Gasteiger partial charge in [-0.2, -0.15) is 0 Å². The first-order chi connectivity index (χ1) is 8.49. The van der Waals surface area contributed by atoms with Gasteiger partial charge in [-0.05, 0) is 20.3 Å². The second-order valence-corrected chi connectivity index (χ2v) is 5.10. The topological polar surface area (TPSA) is 71.2 Å². The molecular formula is C12H20N4OS. The molecule has 0 aromatic carbocycles. The molecule has 0 bridgehead atoms. The van der Waals surface area contributed by atoms with E-state index >= 15 is 0 Å². The maximum Gasteiger partial charge on any atom is 0.265 e. The van der Waals surface area contributed by atoms with Crippen molar-refractivity contribution >= 4 is 28.2 Å². The molecule has 0 radical (unpaired) electrons. The zero-order chi connectivity index (χ0) is 13.7. The number of hydrogen-bond acceptors (Lipinski definition) is 5. The molecule has 1 aromatic heterocycles. The quantitative estimate of drug-likeness (QED) is 0.773. The van der Waals surface area contributed by atoms with Crippen molar-refractivity contribution in [2.45, 2.75) is 26.3 Å². The lowest BCUT2D eigenvalue weighted by Crippen LogP contribution is -2.31. The van der Waals surface area contributed by atoms with Crippen molar-refractivity contribution in [2.75, 3.05) is 24.2 Å². The average molecular weight is 268 g/mol. The molecule has 6 heteroatoms. The Hall–Kier alpha value is -1.56. The monoisotopic (exact) mass is 268 g/mol. The summed E-state index contributed by atoms with van der Waals surface area (Å²) in [6.07, 6.45) is 2.50. The third-order valence-electron chi connectivity index (χ3n) is 2.55. The molecule has 0 spiro atoms. The molecule has 1 atom stereocenters. The molecule has 0 saturated heterocycles. The number of nitrogens with two attached hydrogens (primary N) is 1. The highest BCUT2D eigenvalue weighted by atomic mass is 32.1. The number of anilines is 2. The number of nitrogen functional groups attached to an aromatic ring is 1. The molecule has 0 fully saturated rings. The Labute approximate surface area is 112 Å². The van der Waals surface area contributed by atoms with Gasteiger partial charge in [-0.15, -0.1) is 6.58 Å². The molecule has 100 valence electrons. The van der Waals surface area contributed by atoms with Gasteiger partial charge in [0, 0.05) is 19.6 Å². The predicted molar refractivity (Wildman–Crippen MR) is 77.2 cm³/mol. The van der Waals surface area contributed by atoms with Crippen molar-refractivity contribution in [3.63, 3.8) is 0 Å². The van der Waals surface area contributed by atoms with Crippen LogP contribution in [0.3, 0.4) is 0 Å². The fraction of sp³-hybridized carbons (Fsp3) is 0.500. The number of hydrogen-bond donors (Lipinski definition) is 2. The first-order valence-electron chi connectivity index (χ1n) is 5.88. The molecule has 0 aliphatic carbocycles. The third-order valence-corrected chi connectivity index (χ3v) is 3.73. The van der Waals surface area contributed by atoms with E-state index in [0.717, 1.165) is 18.1 Å². The number of thiazole rings is 1. The Balaban J connectivity index is 2.79. The molecule has 1 rings (SSSR count). The summed E-state index contributed by atoms with van der Waals surface area (Å²) in [5, 5.41) is 3.63. The van der Waals surface area contributed by atoms with Gasteiger partial charge in [-0.1, -0.05) is 17.4 Å². The number of aromatic nitrogens is 1. The van der Waals surface area contributed by atoms with Gasteiger partial charge in [0.2, 0.25) is 0 Å². The Morgan fingerprint density at radius 1 is 1.72 bits per heavy atom. The molecule has 3 N–H and O–H groups in total. The molecule has 18 heavy (non-hydrogen) atoms. The van der Waals surface area contributed by atoms with Crippen molar-refractivity contribution in [3.8, 4) is 0 Å². The van der Waals surface area contributed by atoms with Crippen LogP contribution < -0.4 is 16.0 Å². The maximum absolute atomic E-state index is 12.0. The molecule has 5 nitrogen and oxygen atoms in total. The van der Waals surface area contributed by atoms with E-state index < -0.39 is 0 Å². The summed E-state index contributed by atoms with van der Waals surface area (Å²) >= 11 is 1.31. The highest BCUT2D eigenvalue weighted by molar-refractivity contribution is 7.18. The molecule has 1 amide bonds. The lowest BCUT2D eigenvalue weighted by Gasteiger charge is -2.11. The second kappa shape index (κ2) is 6.39. The van der Waals surface area contributed by atoms with Gasteiger partial charge in [0.05, 0.1) is 0 Å². The van der Waals surface area contributed by atoms with Gasteiger partial charge < -0.3 is 16.0 Å². The summed E-state index contributed by atoms with van der Waals surface area (Å²) in [4.78, 5) is 18.6. The average Bonchev–Trinajstić information content (AvgIpc) is 2.70. The molecule has 1 aromatic rings. The Kier molecular flexibility index (Phi) is 5.15. The number of carbonyl (C=O) groups excluding carboxylic acids is 1. The fourth-order valence-corrected chi connectivity index (χ4v) is 2.29. The number of nitrogens with zero attached hydrogens (tertiary/aromatic N) is 2. The summed E-state index contributed by atoms with van der Waals surface area (Å²) in [6, 6.07) is 0.0452. The van der Waals surface area contributed by atoms with Crippen molar-refractivity contribution in [1.29, 1.82) is 0 Å². The van der Waals surface area contributed by atoms with E-state index in [2.05, 4.69) is 16.9 Å². The third kappa shape index (κ3) is 3.46. The minimum Gasteiger partial charge on any atom is -0.382 e. The maximum atomic E-state index is 12.0. The van der Waals surface area contributed by atoms with Crippen LogP contribution in [0.2, 0.25) is 0 Å². The van der Waals surface area contributed by atoms with Crippen LogP contribution >= 0.6 is 11.3 Å². The molecule has 1 heterocycles. The van der Waals surface area contributed by atoms with E-state index in [-0.39, 0.29) is 11.9 Å². The van der Waals surface area contributed by atoms with Crippen LogP contribution in [-0.2, 0) is 0 Å². The Morgan fingerprint density at radius 3 is 2.94 bits per heavy atom. The Bertz CT molecular complexity index is 430. The van der Waals surface area contributed by atoms with E-state index in [0.29, 0.717) is 10.7 Å². The second-order valence-electron chi connectivity index (χ2n) is 4.12. The van der Waals surface area contributed by atoms with Crippen LogP contribution in [0.1, 0.15) is 29.9 Å². The molecule has 0 saturated carbocycles. The lowest BCUT2D eigenvalue weighted by atomic mass is 10.2. The van der Waals surface area contributed by atoms with Gasteiger partial charge in [0.25, 0.3) is 5.91 Å². The smallest absolute Gasteiger partial charge is 0.265 e. The van der Waals surface area contributed by atoms with Gasteiger partial charge >= 0.3 is 0 Å². The standard InChI is InChI=1S/C12H20N4OS/c1-5-7-8(3)14-11(17)9-10(13)15-12(18-9)16(4)6-2/h5,8H,1,6-7,13H2,2-4H3,(H,14,17). The summed E-state index contributed by atoms with van der Waals surface area (Å²) in [7, 11) is 1.92.